The lowest BCUT2D eigenvalue weighted by atomic mass is 9.61. The topological polar surface area (TPSA) is 111 Å². The highest BCUT2D eigenvalue weighted by Crippen LogP contribution is 2.46. The lowest BCUT2D eigenvalue weighted by Gasteiger charge is -2.47. The van der Waals surface area contributed by atoms with E-state index in [2.05, 4.69) is 15.3 Å². The van der Waals surface area contributed by atoms with E-state index < -0.39 is 17.7 Å². The molecule has 4 aromatic heterocycles. The molecule has 0 unspecified atom stereocenters. The van der Waals surface area contributed by atoms with Crippen molar-refractivity contribution in [3.63, 3.8) is 0 Å². The number of aromatic nitrogens is 5. The molecule has 176 valence electrons. The summed E-state index contributed by atoms with van der Waals surface area (Å²) in [5, 5.41) is 18.9. The molecular formula is C24H26FN7O2. The van der Waals surface area contributed by atoms with Gasteiger partial charge in [0.2, 0.25) is 0 Å². The normalized spacial score (nSPS) is 24.1. The number of halogens is 1. The maximum Gasteiger partial charge on any atom is 0.308 e. The molecule has 0 aliphatic heterocycles. The van der Waals surface area contributed by atoms with Crippen molar-refractivity contribution in [1.29, 1.82) is 0 Å². The van der Waals surface area contributed by atoms with Gasteiger partial charge in [-0.05, 0) is 55.7 Å². The Kier molecular flexibility index (Phi) is 4.72. The average Bonchev–Trinajstić information content (AvgIpc) is 3.43. The van der Waals surface area contributed by atoms with Crippen LogP contribution in [0.5, 0.6) is 0 Å². The smallest absolute Gasteiger partial charge is 0.308 e. The van der Waals surface area contributed by atoms with Gasteiger partial charge in [0.25, 0.3) is 0 Å². The summed E-state index contributed by atoms with van der Waals surface area (Å²) in [7, 11) is 3.87. The molecule has 2 bridgehead atoms. The number of H-pyrrole nitrogens is 1. The zero-order valence-electron chi connectivity index (χ0n) is 19.0. The Balaban J connectivity index is 1.51. The van der Waals surface area contributed by atoms with Crippen LogP contribution in [0.4, 0.5) is 16.0 Å². The van der Waals surface area contributed by atoms with Crippen molar-refractivity contribution < 1.29 is 14.3 Å². The molecule has 0 saturated heterocycles. The Morgan fingerprint density at radius 1 is 1.24 bits per heavy atom. The molecule has 3 aliphatic carbocycles. The molecule has 0 spiro atoms. The van der Waals surface area contributed by atoms with Gasteiger partial charge in [0.1, 0.15) is 22.8 Å². The first kappa shape index (κ1) is 20.9. The number of aromatic amines is 1. The monoisotopic (exact) mass is 463 g/mol. The second kappa shape index (κ2) is 7.68. The number of nitrogens with zero attached hydrogens (tertiary/aromatic N) is 5. The van der Waals surface area contributed by atoms with Gasteiger partial charge in [0.05, 0.1) is 12.1 Å². The number of rotatable bonds is 5. The highest BCUT2D eigenvalue weighted by molar-refractivity contribution is 5.92. The first-order valence-electron chi connectivity index (χ1n) is 11.6. The molecule has 4 heterocycles. The predicted octanol–water partition coefficient (Wildman–Crippen LogP) is 3.78. The third-order valence-electron chi connectivity index (χ3n) is 7.50. The molecule has 0 radical (unpaired) electrons. The Labute approximate surface area is 195 Å². The molecule has 3 N–H and O–H groups in total. The second-order valence-corrected chi connectivity index (χ2v) is 9.63. The van der Waals surface area contributed by atoms with Crippen LogP contribution in [0.15, 0.2) is 30.6 Å². The second-order valence-electron chi connectivity index (χ2n) is 9.63. The van der Waals surface area contributed by atoms with Gasteiger partial charge in [0, 0.05) is 37.3 Å². The predicted molar refractivity (Wildman–Crippen MR) is 126 cm³/mol. The van der Waals surface area contributed by atoms with Gasteiger partial charge in [-0.3, -0.25) is 4.79 Å². The first-order chi connectivity index (χ1) is 16.4. The largest absolute Gasteiger partial charge is 0.481 e. The fraction of sp³-hybridized carbons (Fsp3) is 0.417. The molecule has 2 atom stereocenters. The van der Waals surface area contributed by atoms with E-state index in [0.29, 0.717) is 34.2 Å². The number of hydrogen-bond acceptors (Lipinski definition) is 6. The van der Waals surface area contributed by atoms with Gasteiger partial charge in [0.15, 0.2) is 11.6 Å². The van der Waals surface area contributed by atoms with Crippen LogP contribution in [0, 0.1) is 23.6 Å². The van der Waals surface area contributed by atoms with Gasteiger partial charge in [-0.2, -0.15) is 0 Å². The zero-order valence-corrected chi connectivity index (χ0v) is 19.0. The van der Waals surface area contributed by atoms with E-state index in [1.165, 1.54) is 12.3 Å². The van der Waals surface area contributed by atoms with E-state index in [0.717, 1.165) is 37.0 Å². The molecule has 34 heavy (non-hydrogen) atoms. The minimum absolute atomic E-state index is 0.184. The summed E-state index contributed by atoms with van der Waals surface area (Å²) in [6.45, 7) is 0. The van der Waals surface area contributed by atoms with Crippen molar-refractivity contribution in [2.45, 2.75) is 31.7 Å². The van der Waals surface area contributed by atoms with E-state index in [-0.39, 0.29) is 12.0 Å². The molecule has 3 saturated carbocycles. The molecule has 0 amide bonds. The maximum absolute atomic E-state index is 14.0. The zero-order chi connectivity index (χ0) is 23.6. The van der Waals surface area contributed by atoms with Crippen LogP contribution in [0.25, 0.3) is 27.9 Å². The minimum atomic E-state index is -0.750. The van der Waals surface area contributed by atoms with Crippen LogP contribution >= 0.6 is 0 Å². The van der Waals surface area contributed by atoms with Crippen molar-refractivity contribution in [3.8, 4) is 11.4 Å². The lowest BCUT2D eigenvalue weighted by Crippen LogP contribution is -2.51. The number of pyridine rings is 1. The van der Waals surface area contributed by atoms with Crippen LogP contribution in [-0.2, 0) is 4.79 Å². The fourth-order valence-electron chi connectivity index (χ4n) is 5.87. The Bertz CT molecular complexity index is 1400. The fourth-order valence-corrected chi connectivity index (χ4v) is 5.87. The number of fused-ring (bicyclic) bond motifs is 5. The highest BCUT2D eigenvalue weighted by atomic mass is 19.1. The first-order valence-corrected chi connectivity index (χ1v) is 11.6. The van der Waals surface area contributed by atoms with Gasteiger partial charge < -0.3 is 20.3 Å². The highest BCUT2D eigenvalue weighted by Gasteiger charge is 2.47. The van der Waals surface area contributed by atoms with Crippen molar-refractivity contribution in [1.82, 2.24) is 24.6 Å². The van der Waals surface area contributed by atoms with Crippen molar-refractivity contribution in [2.75, 3.05) is 24.3 Å². The van der Waals surface area contributed by atoms with E-state index >= 15 is 0 Å². The average molecular weight is 464 g/mol. The van der Waals surface area contributed by atoms with Gasteiger partial charge in [-0.15, -0.1) is 5.10 Å². The number of carbonyl (C=O) groups is 1. The quantitative estimate of drug-likeness (QED) is 0.413. The molecule has 0 aromatic carbocycles. The van der Waals surface area contributed by atoms with Crippen LogP contribution in [-0.4, -0.2) is 55.8 Å². The maximum atomic E-state index is 14.0. The number of carboxylic acids is 1. The summed E-state index contributed by atoms with van der Waals surface area (Å²) in [4.78, 5) is 26.2. The van der Waals surface area contributed by atoms with Crippen LogP contribution in [0.3, 0.4) is 0 Å². The number of aliphatic carboxylic acids is 1. The summed E-state index contributed by atoms with van der Waals surface area (Å²) < 4.78 is 15.8. The molecule has 3 aliphatic rings. The standard InChI is InChI=1S/C24H26FN7O2/c1-31(2)18-8-7-17-23(28-20-13-5-3-12(4-6-13)19(20)24(33)34)29-22(30-32(17)18)16-11-27-21-15(16)9-14(25)10-26-21/h7-13,19-20H,3-6H2,1-2H3,(H,26,27)(H,33,34)(H,28,29,30)/t12?,13?,19-,20-/m1/s1. The van der Waals surface area contributed by atoms with Gasteiger partial charge in [-0.25, -0.2) is 18.9 Å². The van der Waals surface area contributed by atoms with Crippen LogP contribution in [0.1, 0.15) is 25.7 Å². The number of carboxylic acid groups (broad SMARTS) is 1. The van der Waals surface area contributed by atoms with Gasteiger partial charge in [-0.1, -0.05) is 0 Å². The van der Waals surface area contributed by atoms with E-state index in [9.17, 15) is 14.3 Å². The summed E-state index contributed by atoms with van der Waals surface area (Å²) in [6.07, 6.45) is 6.88. The van der Waals surface area contributed by atoms with Crippen molar-refractivity contribution >= 4 is 34.2 Å². The van der Waals surface area contributed by atoms with Gasteiger partial charge >= 0.3 is 5.97 Å². The van der Waals surface area contributed by atoms with Crippen molar-refractivity contribution in [2.24, 2.45) is 17.8 Å². The molecule has 7 rings (SSSR count). The third kappa shape index (κ3) is 3.19. The van der Waals surface area contributed by atoms with Crippen LogP contribution in [0.2, 0.25) is 0 Å². The Morgan fingerprint density at radius 2 is 2.00 bits per heavy atom. The Morgan fingerprint density at radius 3 is 2.74 bits per heavy atom. The third-order valence-corrected chi connectivity index (χ3v) is 7.50. The number of hydrogen-bond donors (Lipinski definition) is 3. The molecular weight excluding hydrogens is 437 g/mol. The summed E-state index contributed by atoms with van der Waals surface area (Å²) in [5.41, 5.74) is 1.94. The molecule has 3 fully saturated rings. The Hall–Kier alpha value is -3.69. The number of anilines is 2. The van der Waals surface area contributed by atoms with E-state index in [1.807, 2.05) is 31.1 Å². The molecule has 10 heteroatoms. The SMILES string of the molecule is CN(C)c1ccc2c(N[C@@H]3C4CCC(CC4)[C@H]3C(=O)O)nc(-c3c[nH]c4ncc(F)cc34)nn12. The molecule has 4 aromatic rings. The van der Waals surface area contributed by atoms with Crippen molar-refractivity contribution in [3.05, 3.63) is 36.4 Å². The summed E-state index contributed by atoms with van der Waals surface area (Å²) in [6, 6.07) is 5.11. The van der Waals surface area contributed by atoms with Crippen LogP contribution < -0.4 is 10.2 Å². The lowest BCUT2D eigenvalue weighted by molar-refractivity contribution is -0.148. The molecule has 9 nitrogen and oxygen atoms in total. The summed E-state index contributed by atoms with van der Waals surface area (Å²) in [5.74, 6) is 0.682. The number of nitrogens with one attached hydrogen (secondary N) is 2. The minimum Gasteiger partial charge on any atom is -0.481 e. The summed E-state index contributed by atoms with van der Waals surface area (Å²) >= 11 is 0. The van der Waals surface area contributed by atoms with E-state index in [4.69, 9.17) is 10.1 Å². The van der Waals surface area contributed by atoms with E-state index in [1.54, 1.807) is 10.7 Å².